The van der Waals surface area contributed by atoms with Gasteiger partial charge in [0.25, 0.3) is 0 Å². The predicted octanol–water partition coefficient (Wildman–Crippen LogP) is -14.3. The van der Waals surface area contributed by atoms with E-state index in [0.29, 0.717) is 0 Å². The van der Waals surface area contributed by atoms with Gasteiger partial charge >= 0.3 is 118 Å². The van der Waals surface area contributed by atoms with Crippen LogP contribution >= 0.6 is 15.6 Å². The van der Waals surface area contributed by atoms with Crippen molar-refractivity contribution in [1.29, 1.82) is 0 Å². The van der Waals surface area contributed by atoms with Crippen LogP contribution in [0.15, 0.2) is 0 Å². The van der Waals surface area contributed by atoms with Crippen molar-refractivity contribution >= 4 is 15.6 Å². The molecule has 1 heterocycles. The zero-order chi connectivity index (χ0) is 21.5. The van der Waals surface area contributed by atoms with E-state index in [1.807, 2.05) is 13.8 Å². The summed E-state index contributed by atoms with van der Waals surface area (Å²) in [6.45, 7) is 3.13. The Morgan fingerprint density at radius 1 is 0.906 bits per heavy atom. The number of hydrogen-bond acceptors (Lipinski definition) is 12. The molecule has 0 aliphatic carbocycles. The molecule has 0 aromatic rings. The largest absolute Gasteiger partial charge is 1.00 e. The molecule has 0 aromatic carbocycles. The SMILES string of the molecule is CCCC(CCC)CO[C@@H]1O[C@H](CO)[C@@H](O)[C@H](OP(=O)([O-])[O-])[C@H]1OP(=O)([O-])[O-].[Na+].[Na+].[Na+].[Na+]. The van der Waals surface area contributed by atoms with Crippen molar-refractivity contribution in [3.63, 3.8) is 0 Å². The fourth-order valence-corrected chi connectivity index (χ4v) is 4.13. The standard InChI is InChI=1S/C14H30O12P2.4Na/c1-3-5-9(6-4-2)8-23-14-13(26-28(20,21)22)12(25-27(17,18)19)11(16)10(7-15)24-14;;;;/h9-16H,3-8H2,1-2H3,(H2,17,18,19)(H2,20,21,22);;;;/q;4*+1/p-4/t10-,11-,12+,13-,14-;;;;/m1..../s1. The second kappa shape index (κ2) is 21.0. The minimum atomic E-state index is -5.72. The number of phosphoric ester groups is 2. The molecule has 1 aliphatic heterocycles. The summed E-state index contributed by atoms with van der Waals surface area (Å²) < 4.78 is 41.3. The molecule has 2 N–H and O–H groups in total. The van der Waals surface area contributed by atoms with Crippen LogP contribution in [0.3, 0.4) is 0 Å². The van der Waals surface area contributed by atoms with Gasteiger partial charge in [0.15, 0.2) is 6.29 Å². The fraction of sp³-hybridized carbons (Fsp3) is 1.00. The van der Waals surface area contributed by atoms with E-state index >= 15 is 0 Å². The maximum absolute atomic E-state index is 11.1. The molecular formula is C14H26Na4O12P2. The molecule has 0 radical (unpaired) electrons. The summed E-state index contributed by atoms with van der Waals surface area (Å²) in [6.07, 6.45) is -6.06. The Labute approximate surface area is 276 Å². The molecular weight excluding hydrogens is 514 g/mol. The Morgan fingerprint density at radius 2 is 1.34 bits per heavy atom. The van der Waals surface area contributed by atoms with E-state index in [9.17, 15) is 38.9 Å². The van der Waals surface area contributed by atoms with E-state index in [4.69, 9.17) is 9.47 Å². The fourth-order valence-electron chi connectivity index (χ4n) is 3.06. The van der Waals surface area contributed by atoms with Crippen molar-refractivity contribution in [3.8, 4) is 0 Å². The van der Waals surface area contributed by atoms with E-state index in [1.165, 1.54) is 0 Å². The maximum atomic E-state index is 11.1. The molecule has 0 unspecified atom stereocenters. The molecule has 1 rings (SSSR count). The molecule has 18 heteroatoms. The van der Waals surface area contributed by atoms with Crippen molar-refractivity contribution in [3.05, 3.63) is 0 Å². The van der Waals surface area contributed by atoms with Crippen LogP contribution in [0.2, 0.25) is 0 Å². The average Bonchev–Trinajstić information content (AvgIpc) is 2.55. The first-order valence-corrected chi connectivity index (χ1v) is 11.8. The summed E-state index contributed by atoms with van der Waals surface area (Å²) >= 11 is 0. The Bertz CT molecular complexity index is 560. The monoisotopic (exact) mass is 540 g/mol. The van der Waals surface area contributed by atoms with Gasteiger partial charge < -0.3 is 57.4 Å². The summed E-state index contributed by atoms with van der Waals surface area (Å²) in [6, 6.07) is 0. The molecule has 0 bridgehead atoms. The molecule has 0 saturated carbocycles. The van der Waals surface area contributed by atoms with Gasteiger partial charge in [0, 0.05) is 0 Å². The average molecular weight is 540 g/mol. The summed E-state index contributed by atoms with van der Waals surface area (Å²) in [5.74, 6) is 0.0504. The van der Waals surface area contributed by atoms with Gasteiger partial charge in [-0.05, 0) is 18.8 Å². The van der Waals surface area contributed by atoms with Gasteiger partial charge in [-0.25, -0.2) is 0 Å². The van der Waals surface area contributed by atoms with E-state index in [-0.39, 0.29) is 131 Å². The Balaban J connectivity index is -0.000000980. The van der Waals surface area contributed by atoms with Crippen LogP contribution in [0, 0.1) is 5.92 Å². The molecule has 168 valence electrons. The van der Waals surface area contributed by atoms with Crippen LogP contribution in [-0.2, 0) is 27.7 Å². The third kappa shape index (κ3) is 16.8. The summed E-state index contributed by atoms with van der Waals surface area (Å²) in [5.41, 5.74) is 0. The predicted molar refractivity (Wildman–Crippen MR) is 86.0 cm³/mol. The van der Waals surface area contributed by atoms with E-state index in [0.717, 1.165) is 25.7 Å². The molecule has 1 aliphatic rings. The van der Waals surface area contributed by atoms with E-state index < -0.39 is 53.0 Å². The molecule has 1 saturated heterocycles. The quantitative estimate of drug-likeness (QED) is 0.175. The van der Waals surface area contributed by atoms with Gasteiger partial charge in [-0.2, -0.15) is 0 Å². The topological polar surface area (TPSA) is 204 Å². The van der Waals surface area contributed by atoms with E-state index in [1.54, 1.807) is 0 Å². The van der Waals surface area contributed by atoms with Crippen LogP contribution in [0.1, 0.15) is 39.5 Å². The van der Waals surface area contributed by atoms with Gasteiger partial charge in [-0.1, -0.05) is 26.7 Å². The van der Waals surface area contributed by atoms with Gasteiger partial charge in [0.2, 0.25) is 0 Å². The summed E-state index contributed by atoms with van der Waals surface area (Å²) in [5, 5.41) is 19.4. The third-order valence-corrected chi connectivity index (χ3v) is 5.19. The molecule has 32 heavy (non-hydrogen) atoms. The zero-order valence-electron chi connectivity index (χ0n) is 19.6. The Morgan fingerprint density at radius 3 is 1.72 bits per heavy atom. The van der Waals surface area contributed by atoms with Crippen LogP contribution < -0.4 is 138 Å². The first kappa shape index (κ1) is 43.1. The smallest absolute Gasteiger partial charge is 0.790 e. The van der Waals surface area contributed by atoms with Crippen molar-refractivity contribution in [1.82, 2.24) is 0 Å². The van der Waals surface area contributed by atoms with Crippen LogP contribution in [0.4, 0.5) is 0 Å². The minimum Gasteiger partial charge on any atom is -0.790 e. The Hall–Kier alpha value is 4.06. The number of rotatable bonds is 12. The molecule has 0 spiro atoms. The number of hydrogen-bond donors (Lipinski definition) is 2. The molecule has 0 aromatic heterocycles. The number of aliphatic hydroxyl groups excluding tert-OH is 2. The van der Waals surface area contributed by atoms with Crippen molar-refractivity contribution in [2.75, 3.05) is 13.2 Å². The molecule has 0 amide bonds. The normalized spacial score (nSPS) is 25.7. The molecule has 12 nitrogen and oxygen atoms in total. The van der Waals surface area contributed by atoms with Gasteiger partial charge in [0.1, 0.15) is 24.4 Å². The van der Waals surface area contributed by atoms with Gasteiger partial charge in [-0.3, -0.25) is 0 Å². The maximum Gasteiger partial charge on any atom is 1.00 e. The van der Waals surface area contributed by atoms with E-state index in [2.05, 4.69) is 9.05 Å². The zero-order valence-corrected chi connectivity index (χ0v) is 29.4. The molecule has 5 atom stereocenters. The van der Waals surface area contributed by atoms with Crippen molar-refractivity contribution in [2.45, 2.75) is 70.2 Å². The number of ether oxygens (including phenoxy) is 2. The first-order valence-electron chi connectivity index (χ1n) is 8.88. The van der Waals surface area contributed by atoms with Crippen LogP contribution in [-0.4, -0.2) is 54.1 Å². The summed E-state index contributed by atoms with van der Waals surface area (Å²) in [4.78, 5) is 44.2. The van der Waals surface area contributed by atoms with Gasteiger partial charge in [0.05, 0.1) is 28.9 Å². The van der Waals surface area contributed by atoms with Crippen LogP contribution in [0.25, 0.3) is 0 Å². The second-order valence-electron chi connectivity index (χ2n) is 6.53. The second-order valence-corrected chi connectivity index (χ2v) is 8.74. The van der Waals surface area contributed by atoms with Crippen molar-refractivity contribution < 1.29 is 176 Å². The minimum absolute atomic E-state index is 0. The van der Waals surface area contributed by atoms with Crippen molar-refractivity contribution in [2.24, 2.45) is 5.92 Å². The molecule has 1 fully saturated rings. The Kier molecular flexibility index (Phi) is 28.2. The first-order chi connectivity index (χ1) is 12.9. The van der Waals surface area contributed by atoms with Crippen LogP contribution in [0.5, 0.6) is 0 Å². The number of aliphatic hydroxyl groups is 2. The van der Waals surface area contributed by atoms with Gasteiger partial charge in [-0.15, -0.1) is 0 Å². The third-order valence-electron chi connectivity index (χ3n) is 4.19. The number of phosphoric acid groups is 2. The summed E-state index contributed by atoms with van der Waals surface area (Å²) in [7, 11) is -11.4.